The first-order chi connectivity index (χ1) is 13.6. The van der Waals surface area contributed by atoms with Crippen LogP contribution in [0.15, 0.2) is 0 Å². The van der Waals surface area contributed by atoms with Crippen LogP contribution in [0.25, 0.3) is 0 Å². The summed E-state index contributed by atoms with van der Waals surface area (Å²) in [6.07, 6.45) is 4.75. The Morgan fingerprint density at radius 2 is 1.07 bits per heavy atom. The second-order valence-electron chi connectivity index (χ2n) is 6.07. The second kappa shape index (κ2) is 18.0. The highest BCUT2D eigenvalue weighted by atomic mass is 16.6. The fourth-order valence-electron chi connectivity index (χ4n) is 2.43. The van der Waals surface area contributed by atoms with Crippen LogP contribution in [-0.4, -0.2) is 61.4 Å². The zero-order chi connectivity index (χ0) is 21.0. The predicted molar refractivity (Wildman–Crippen MR) is 112 cm³/mol. The summed E-state index contributed by atoms with van der Waals surface area (Å²) in [6, 6.07) is 0. The normalized spacial score (nSPS) is 9.43. The van der Waals surface area contributed by atoms with Crippen molar-refractivity contribution >= 4 is 12.2 Å². The minimum Gasteiger partial charge on any atom is -0.450 e. The lowest BCUT2D eigenvalue weighted by Gasteiger charge is -2.19. The van der Waals surface area contributed by atoms with Gasteiger partial charge in [-0.25, -0.2) is 9.59 Å². The summed E-state index contributed by atoms with van der Waals surface area (Å²) < 4.78 is 10.0. The van der Waals surface area contributed by atoms with Gasteiger partial charge in [-0.15, -0.1) is 0 Å². The van der Waals surface area contributed by atoms with E-state index in [4.69, 9.17) is 9.47 Å². The van der Waals surface area contributed by atoms with Crippen LogP contribution in [0.5, 0.6) is 0 Å². The SMILES string of the molecule is CCOC(=O)N(CC)CCCCC#CC#CCCCCN(CC)C(=O)OCC. The second-order valence-corrected chi connectivity index (χ2v) is 6.07. The molecule has 28 heavy (non-hydrogen) atoms. The molecule has 0 aliphatic heterocycles. The molecule has 0 unspecified atom stereocenters. The summed E-state index contributed by atoms with van der Waals surface area (Å²) in [4.78, 5) is 26.7. The maximum atomic E-state index is 11.6. The van der Waals surface area contributed by atoms with E-state index in [1.54, 1.807) is 9.80 Å². The van der Waals surface area contributed by atoms with Crippen molar-refractivity contribution in [2.24, 2.45) is 0 Å². The Bertz CT molecular complexity index is 504. The number of carbonyl (C=O) groups is 2. The molecule has 0 heterocycles. The molecule has 6 nitrogen and oxygen atoms in total. The molecule has 0 aromatic rings. The molecule has 0 N–H and O–H groups in total. The number of rotatable bonds is 12. The van der Waals surface area contributed by atoms with E-state index in [9.17, 15) is 9.59 Å². The number of nitrogens with zero attached hydrogens (tertiary/aromatic N) is 2. The highest BCUT2D eigenvalue weighted by molar-refractivity contribution is 5.67. The summed E-state index contributed by atoms with van der Waals surface area (Å²) >= 11 is 0. The summed E-state index contributed by atoms with van der Waals surface area (Å²) in [7, 11) is 0. The van der Waals surface area contributed by atoms with E-state index in [1.165, 1.54) is 0 Å². The topological polar surface area (TPSA) is 59.1 Å². The number of hydrogen-bond acceptors (Lipinski definition) is 4. The molecule has 0 atom stereocenters. The lowest BCUT2D eigenvalue weighted by molar-refractivity contribution is 0.108. The molecule has 0 radical (unpaired) electrons. The average Bonchev–Trinajstić information content (AvgIpc) is 2.68. The summed E-state index contributed by atoms with van der Waals surface area (Å²) in [5.74, 6) is 11.9. The van der Waals surface area contributed by atoms with E-state index < -0.39 is 0 Å². The lowest BCUT2D eigenvalue weighted by Crippen LogP contribution is -2.32. The van der Waals surface area contributed by atoms with Crippen molar-refractivity contribution < 1.29 is 19.1 Å². The van der Waals surface area contributed by atoms with E-state index in [2.05, 4.69) is 23.7 Å². The van der Waals surface area contributed by atoms with Gasteiger partial charge >= 0.3 is 12.2 Å². The molecule has 0 spiro atoms. The van der Waals surface area contributed by atoms with Gasteiger partial charge in [0.2, 0.25) is 0 Å². The third-order valence-electron chi connectivity index (χ3n) is 4.01. The lowest BCUT2D eigenvalue weighted by atomic mass is 10.2. The Hall–Kier alpha value is -2.34. The van der Waals surface area contributed by atoms with Crippen molar-refractivity contribution in [2.45, 2.75) is 66.2 Å². The van der Waals surface area contributed by atoms with Crippen molar-refractivity contribution in [3.63, 3.8) is 0 Å². The van der Waals surface area contributed by atoms with Crippen LogP contribution in [0.3, 0.4) is 0 Å². The average molecular weight is 393 g/mol. The van der Waals surface area contributed by atoms with Gasteiger partial charge in [0.15, 0.2) is 0 Å². The van der Waals surface area contributed by atoms with Crippen LogP contribution >= 0.6 is 0 Å². The molecule has 158 valence electrons. The van der Waals surface area contributed by atoms with Gasteiger partial charge in [0.1, 0.15) is 0 Å². The number of hydrogen-bond donors (Lipinski definition) is 0. The molecule has 0 saturated heterocycles. The van der Waals surface area contributed by atoms with Gasteiger partial charge in [0.05, 0.1) is 13.2 Å². The first-order valence-corrected chi connectivity index (χ1v) is 10.4. The number of amides is 2. The summed E-state index contributed by atoms with van der Waals surface area (Å²) in [6.45, 7) is 11.0. The predicted octanol–water partition coefficient (Wildman–Crippen LogP) is 4.29. The zero-order valence-corrected chi connectivity index (χ0v) is 18.0. The van der Waals surface area contributed by atoms with Crippen LogP contribution in [0, 0.1) is 23.7 Å². The zero-order valence-electron chi connectivity index (χ0n) is 18.0. The number of unbranched alkanes of at least 4 members (excludes halogenated alkanes) is 4. The van der Waals surface area contributed by atoms with Crippen LogP contribution in [-0.2, 0) is 9.47 Å². The highest BCUT2D eigenvalue weighted by Gasteiger charge is 2.11. The molecular weight excluding hydrogens is 356 g/mol. The van der Waals surface area contributed by atoms with Gasteiger partial charge in [-0.05, 0) is 65.2 Å². The Balaban J connectivity index is 3.83. The van der Waals surface area contributed by atoms with E-state index >= 15 is 0 Å². The van der Waals surface area contributed by atoms with Crippen LogP contribution in [0.4, 0.5) is 9.59 Å². The van der Waals surface area contributed by atoms with Gasteiger partial charge in [-0.3, -0.25) is 0 Å². The number of ether oxygens (including phenoxy) is 2. The molecule has 0 fully saturated rings. The fourth-order valence-corrected chi connectivity index (χ4v) is 2.43. The third kappa shape index (κ3) is 12.9. The van der Waals surface area contributed by atoms with Gasteiger partial charge in [-0.1, -0.05) is 11.8 Å². The van der Waals surface area contributed by atoms with Crippen molar-refractivity contribution in [2.75, 3.05) is 39.4 Å². The van der Waals surface area contributed by atoms with Crippen molar-refractivity contribution in [3.8, 4) is 23.7 Å². The van der Waals surface area contributed by atoms with Gasteiger partial charge in [0, 0.05) is 39.0 Å². The maximum absolute atomic E-state index is 11.6. The minimum atomic E-state index is -0.244. The molecule has 0 bridgehead atoms. The molecule has 0 rings (SSSR count). The van der Waals surface area contributed by atoms with Crippen LogP contribution < -0.4 is 0 Å². The Labute approximate surface area is 170 Å². The van der Waals surface area contributed by atoms with E-state index in [0.717, 1.165) is 38.5 Å². The molecule has 0 saturated carbocycles. The molecular formula is C22H36N2O4. The quantitative estimate of drug-likeness (QED) is 0.367. The Morgan fingerprint density at radius 3 is 1.39 bits per heavy atom. The summed E-state index contributed by atoms with van der Waals surface area (Å²) in [5, 5.41) is 0. The fraction of sp³-hybridized carbons (Fsp3) is 0.727. The molecule has 0 aromatic heterocycles. The molecule has 0 aliphatic carbocycles. The molecule has 6 heteroatoms. The van der Waals surface area contributed by atoms with Crippen molar-refractivity contribution in [3.05, 3.63) is 0 Å². The third-order valence-corrected chi connectivity index (χ3v) is 4.01. The van der Waals surface area contributed by atoms with Gasteiger partial charge in [-0.2, -0.15) is 0 Å². The van der Waals surface area contributed by atoms with Crippen LogP contribution in [0.2, 0.25) is 0 Å². The smallest absolute Gasteiger partial charge is 0.409 e. The van der Waals surface area contributed by atoms with Crippen molar-refractivity contribution in [1.82, 2.24) is 9.80 Å². The monoisotopic (exact) mass is 392 g/mol. The Morgan fingerprint density at radius 1 is 0.679 bits per heavy atom. The van der Waals surface area contributed by atoms with Gasteiger partial charge < -0.3 is 19.3 Å². The maximum Gasteiger partial charge on any atom is 0.409 e. The first-order valence-electron chi connectivity index (χ1n) is 10.4. The van der Waals surface area contributed by atoms with E-state index in [1.807, 2.05) is 27.7 Å². The Kier molecular flexibility index (Phi) is 16.5. The van der Waals surface area contributed by atoms with E-state index in [0.29, 0.717) is 39.4 Å². The minimum absolute atomic E-state index is 0.244. The standard InChI is InChI=1S/C22H36N2O4/c1-5-23(21(25)27-7-3)19-17-15-13-11-9-10-12-14-16-18-20-24(6-2)22(26)28-8-4/h5-8,13-20H2,1-4H3. The highest BCUT2D eigenvalue weighted by Crippen LogP contribution is 2.02. The number of carbonyl (C=O) groups excluding carboxylic acids is 2. The van der Waals surface area contributed by atoms with Crippen molar-refractivity contribution in [1.29, 1.82) is 0 Å². The molecule has 2 amide bonds. The largest absolute Gasteiger partial charge is 0.450 e. The van der Waals surface area contributed by atoms with Crippen LogP contribution in [0.1, 0.15) is 66.2 Å². The molecule has 0 aromatic carbocycles. The molecule has 0 aliphatic rings. The van der Waals surface area contributed by atoms with E-state index in [-0.39, 0.29) is 12.2 Å². The first kappa shape index (κ1) is 25.7. The van der Waals surface area contributed by atoms with Gasteiger partial charge in [0.25, 0.3) is 0 Å². The summed E-state index contributed by atoms with van der Waals surface area (Å²) in [5.41, 5.74) is 0.